The third-order valence-corrected chi connectivity index (χ3v) is 3.14. The smallest absolute Gasteiger partial charge is 0.320 e. The highest BCUT2D eigenvalue weighted by Gasteiger charge is 2.14. The molecule has 0 radical (unpaired) electrons. The third-order valence-electron chi connectivity index (χ3n) is 3.14. The molecule has 0 aliphatic carbocycles. The van der Waals surface area contributed by atoms with E-state index < -0.39 is 12.0 Å². The highest BCUT2D eigenvalue weighted by Crippen LogP contribution is 2.17. The fourth-order valence-corrected chi connectivity index (χ4v) is 1.96. The average molecular weight is 278 g/mol. The second kappa shape index (κ2) is 7.65. The van der Waals surface area contributed by atoms with Crippen LogP contribution in [0, 0.1) is 13.8 Å². The second-order valence-electron chi connectivity index (χ2n) is 4.76. The summed E-state index contributed by atoms with van der Waals surface area (Å²) in [6.07, 6.45) is 2.77. The van der Waals surface area contributed by atoms with Crippen molar-refractivity contribution in [2.75, 3.05) is 6.61 Å². The van der Waals surface area contributed by atoms with E-state index in [9.17, 15) is 4.79 Å². The van der Waals surface area contributed by atoms with Crippen LogP contribution < -0.4 is 5.73 Å². The first kappa shape index (κ1) is 16.2. The van der Waals surface area contributed by atoms with Gasteiger partial charge in [-0.05, 0) is 49.4 Å². The molecule has 3 N–H and O–H groups in total. The SMILES string of the molecule is CCON=CCc1cc(C)c(C[C@H](N)C(=O)O)cc1C. The molecule has 0 aliphatic rings. The summed E-state index contributed by atoms with van der Waals surface area (Å²) < 4.78 is 0. The summed E-state index contributed by atoms with van der Waals surface area (Å²) in [7, 11) is 0. The molecule has 0 aromatic heterocycles. The van der Waals surface area contributed by atoms with Crippen molar-refractivity contribution >= 4 is 12.2 Å². The molecular formula is C15H22N2O3. The van der Waals surface area contributed by atoms with Crippen LogP contribution in [0.3, 0.4) is 0 Å². The van der Waals surface area contributed by atoms with Gasteiger partial charge in [-0.3, -0.25) is 4.79 Å². The molecule has 0 spiro atoms. The van der Waals surface area contributed by atoms with Crippen molar-refractivity contribution in [1.82, 2.24) is 0 Å². The first-order valence-corrected chi connectivity index (χ1v) is 6.66. The van der Waals surface area contributed by atoms with Gasteiger partial charge in [-0.15, -0.1) is 0 Å². The summed E-state index contributed by atoms with van der Waals surface area (Å²) in [6.45, 7) is 6.40. The second-order valence-corrected chi connectivity index (χ2v) is 4.76. The first-order chi connectivity index (χ1) is 9.45. The van der Waals surface area contributed by atoms with E-state index in [1.54, 1.807) is 6.21 Å². The van der Waals surface area contributed by atoms with Gasteiger partial charge in [0.15, 0.2) is 0 Å². The lowest BCUT2D eigenvalue weighted by Crippen LogP contribution is -2.32. The van der Waals surface area contributed by atoms with Crippen molar-refractivity contribution < 1.29 is 14.7 Å². The number of carboxylic acid groups (broad SMARTS) is 1. The number of carbonyl (C=O) groups is 1. The monoisotopic (exact) mass is 278 g/mol. The highest BCUT2D eigenvalue weighted by atomic mass is 16.6. The Bertz CT molecular complexity index is 498. The van der Waals surface area contributed by atoms with Gasteiger partial charge in [0, 0.05) is 12.6 Å². The van der Waals surface area contributed by atoms with Crippen molar-refractivity contribution in [2.45, 2.75) is 39.7 Å². The Morgan fingerprint density at radius 3 is 2.60 bits per heavy atom. The molecule has 0 saturated heterocycles. The molecule has 20 heavy (non-hydrogen) atoms. The van der Waals surface area contributed by atoms with E-state index >= 15 is 0 Å². The number of oxime groups is 1. The summed E-state index contributed by atoms with van der Waals surface area (Å²) in [5.74, 6) is -0.977. The fourth-order valence-electron chi connectivity index (χ4n) is 1.96. The normalized spacial score (nSPS) is 12.6. The van der Waals surface area contributed by atoms with Gasteiger partial charge in [0.1, 0.15) is 12.6 Å². The molecule has 0 bridgehead atoms. The number of nitrogens with two attached hydrogens (primary N) is 1. The fraction of sp³-hybridized carbons (Fsp3) is 0.467. The summed E-state index contributed by atoms with van der Waals surface area (Å²) >= 11 is 0. The third kappa shape index (κ3) is 4.66. The van der Waals surface area contributed by atoms with Crippen LogP contribution in [-0.4, -0.2) is 29.9 Å². The van der Waals surface area contributed by atoms with E-state index in [1.165, 1.54) is 0 Å². The minimum absolute atomic E-state index is 0.343. The zero-order valence-electron chi connectivity index (χ0n) is 12.2. The van der Waals surface area contributed by atoms with Crippen LogP contribution in [0.2, 0.25) is 0 Å². The van der Waals surface area contributed by atoms with Crippen LogP contribution in [0.15, 0.2) is 17.3 Å². The van der Waals surface area contributed by atoms with Crippen molar-refractivity contribution in [3.05, 3.63) is 34.4 Å². The summed E-state index contributed by atoms with van der Waals surface area (Å²) in [6, 6.07) is 3.19. The minimum atomic E-state index is -0.977. The molecule has 0 amide bonds. The molecule has 1 atom stereocenters. The van der Waals surface area contributed by atoms with Gasteiger partial charge in [0.25, 0.3) is 0 Å². The van der Waals surface area contributed by atoms with Gasteiger partial charge < -0.3 is 15.7 Å². The van der Waals surface area contributed by atoms with Crippen LogP contribution in [0.1, 0.15) is 29.2 Å². The summed E-state index contributed by atoms with van der Waals surface area (Å²) in [5, 5.41) is 12.7. The Labute approximate surface area is 119 Å². The number of aliphatic carboxylic acids is 1. The minimum Gasteiger partial charge on any atom is -0.480 e. The Morgan fingerprint density at radius 1 is 1.40 bits per heavy atom. The molecule has 0 fully saturated rings. The molecule has 1 aromatic carbocycles. The van der Waals surface area contributed by atoms with Gasteiger partial charge in [-0.25, -0.2) is 0 Å². The molecule has 110 valence electrons. The highest BCUT2D eigenvalue weighted by molar-refractivity contribution is 5.73. The van der Waals surface area contributed by atoms with E-state index in [2.05, 4.69) is 11.2 Å². The van der Waals surface area contributed by atoms with Crippen molar-refractivity contribution in [1.29, 1.82) is 0 Å². The molecular weight excluding hydrogens is 256 g/mol. The number of rotatable bonds is 7. The van der Waals surface area contributed by atoms with Gasteiger partial charge in [-0.2, -0.15) is 0 Å². The van der Waals surface area contributed by atoms with Gasteiger partial charge in [0.05, 0.1) is 0 Å². The maximum absolute atomic E-state index is 10.8. The Hall–Kier alpha value is -1.88. The van der Waals surface area contributed by atoms with Crippen molar-refractivity contribution in [3.63, 3.8) is 0 Å². The largest absolute Gasteiger partial charge is 0.480 e. The number of hydrogen-bond acceptors (Lipinski definition) is 4. The quantitative estimate of drug-likeness (QED) is 0.588. The molecule has 0 unspecified atom stereocenters. The number of carboxylic acids is 1. The molecule has 5 nitrogen and oxygen atoms in total. The van der Waals surface area contributed by atoms with E-state index in [-0.39, 0.29) is 0 Å². The van der Waals surface area contributed by atoms with Gasteiger partial charge >= 0.3 is 5.97 Å². The van der Waals surface area contributed by atoms with Crippen LogP contribution in [0.25, 0.3) is 0 Å². The average Bonchev–Trinajstić information content (AvgIpc) is 2.39. The van der Waals surface area contributed by atoms with E-state index in [4.69, 9.17) is 15.7 Å². The lowest BCUT2D eigenvalue weighted by molar-refractivity contribution is -0.138. The molecule has 1 rings (SSSR count). The van der Waals surface area contributed by atoms with Crippen LogP contribution in [0.5, 0.6) is 0 Å². The lowest BCUT2D eigenvalue weighted by Gasteiger charge is -2.13. The van der Waals surface area contributed by atoms with Crippen LogP contribution in [0.4, 0.5) is 0 Å². The van der Waals surface area contributed by atoms with E-state index in [0.29, 0.717) is 19.4 Å². The predicted octanol–water partition coefficient (Wildman–Crippen LogP) is 1.82. The van der Waals surface area contributed by atoms with Crippen molar-refractivity contribution in [3.8, 4) is 0 Å². The van der Waals surface area contributed by atoms with Crippen LogP contribution >= 0.6 is 0 Å². The molecule has 5 heteroatoms. The Balaban J connectivity index is 2.83. The van der Waals surface area contributed by atoms with Crippen molar-refractivity contribution in [2.24, 2.45) is 10.9 Å². The summed E-state index contributed by atoms with van der Waals surface area (Å²) in [4.78, 5) is 15.7. The lowest BCUT2D eigenvalue weighted by atomic mass is 9.94. The molecule has 1 aromatic rings. The molecule has 0 saturated carbocycles. The van der Waals surface area contributed by atoms with Gasteiger partial charge in [-0.1, -0.05) is 17.3 Å². The number of benzene rings is 1. The van der Waals surface area contributed by atoms with E-state index in [0.717, 1.165) is 22.3 Å². The standard InChI is InChI=1S/C15H22N2O3/c1-4-20-17-6-5-12-7-11(3)13(8-10(12)2)9-14(16)15(18)19/h6-8,14H,4-5,9,16H2,1-3H3,(H,18,19)/t14-/m0/s1. The van der Waals surface area contributed by atoms with Crippen LogP contribution in [-0.2, 0) is 22.5 Å². The number of nitrogens with zero attached hydrogens (tertiary/aromatic N) is 1. The Morgan fingerprint density at radius 2 is 2.00 bits per heavy atom. The molecule has 0 heterocycles. The zero-order valence-corrected chi connectivity index (χ0v) is 12.2. The predicted molar refractivity (Wildman–Crippen MR) is 79.1 cm³/mol. The maximum Gasteiger partial charge on any atom is 0.320 e. The number of hydrogen-bond donors (Lipinski definition) is 2. The topological polar surface area (TPSA) is 84.9 Å². The Kier molecular flexibility index (Phi) is 6.18. The number of aryl methyl sites for hydroxylation is 2. The molecule has 0 aliphatic heterocycles. The summed E-state index contributed by atoms with van der Waals surface area (Å²) in [5.41, 5.74) is 9.86. The van der Waals surface area contributed by atoms with Gasteiger partial charge in [0.2, 0.25) is 0 Å². The van der Waals surface area contributed by atoms with E-state index in [1.807, 2.05) is 26.8 Å². The zero-order chi connectivity index (χ0) is 15.1. The first-order valence-electron chi connectivity index (χ1n) is 6.66. The maximum atomic E-state index is 10.8.